The summed E-state index contributed by atoms with van der Waals surface area (Å²) >= 11 is 0. The molecule has 1 aromatic heterocycles. The van der Waals surface area contributed by atoms with E-state index < -0.39 is 9.84 Å². The van der Waals surface area contributed by atoms with Crippen LogP contribution in [-0.4, -0.2) is 43.3 Å². The summed E-state index contributed by atoms with van der Waals surface area (Å²) in [6.45, 7) is 4.40. The summed E-state index contributed by atoms with van der Waals surface area (Å²) in [5.41, 5.74) is 0.533. The third-order valence-electron chi connectivity index (χ3n) is 3.75. The highest BCUT2D eigenvalue weighted by Gasteiger charge is 2.35. The van der Waals surface area contributed by atoms with Gasteiger partial charge in [0.05, 0.1) is 23.3 Å². The minimum Gasteiger partial charge on any atom is -0.469 e. The maximum Gasteiger partial charge on any atom is 0.257 e. The Hall–Kier alpha value is -1.30. The van der Waals surface area contributed by atoms with E-state index in [-0.39, 0.29) is 23.5 Å². The van der Waals surface area contributed by atoms with Gasteiger partial charge in [-0.1, -0.05) is 13.3 Å². The van der Waals surface area contributed by atoms with Gasteiger partial charge < -0.3 is 9.32 Å². The number of rotatable bonds is 5. The second-order valence-corrected chi connectivity index (χ2v) is 7.53. The van der Waals surface area contributed by atoms with Crippen molar-refractivity contribution >= 4 is 15.7 Å². The Morgan fingerprint density at radius 1 is 1.50 bits per heavy atom. The topological polar surface area (TPSA) is 67.6 Å². The zero-order valence-corrected chi connectivity index (χ0v) is 12.8. The van der Waals surface area contributed by atoms with Crippen molar-refractivity contribution in [3.8, 4) is 0 Å². The van der Waals surface area contributed by atoms with E-state index in [1.54, 1.807) is 17.9 Å². The molecule has 1 saturated heterocycles. The van der Waals surface area contributed by atoms with Gasteiger partial charge in [0.1, 0.15) is 5.76 Å². The molecule has 1 aliphatic rings. The van der Waals surface area contributed by atoms with E-state index in [9.17, 15) is 13.2 Å². The standard InChI is InChI=1S/C14H21NO4S/c1-3-4-7-15(12-6-9-20(17,18)10-12)14(16)13-5-8-19-11(13)2/h5,8,12H,3-4,6-7,9-10H2,1-2H3. The van der Waals surface area contributed by atoms with Crippen molar-refractivity contribution in [1.29, 1.82) is 0 Å². The molecule has 0 aromatic carbocycles. The first kappa shape index (κ1) is 15.1. The Morgan fingerprint density at radius 3 is 2.75 bits per heavy atom. The van der Waals surface area contributed by atoms with E-state index in [2.05, 4.69) is 6.92 Å². The summed E-state index contributed by atoms with van der Waals surface area (Å²) in [4.78, 5) is 14.3. The van der Waals surface area contributed by atoms with Crippen molar-refractivity contribution in [1.82, 2.24) is 4.90 Å². The molecule has 5 nitrogen and oxygen atoms in total. The molecule has 1 amide bonds. The van der Waals surface area contributed by atoms with Gasteiger partial charge in [-0.25, -0.2) is 8.42 Å². The number of carbonyl (C=O) groups is 1. The van der Waals surface area contributed by atoms with Crippen molar-refractivity contribution in [2.75, 3.05) is 18.1 Å². The molecule has 0 radical (unpaired) electrons. The zero-order valence-electron chi connectivity index (χ0n) is 12.0. The Morgan fingerprint density at radius 2 is 2.25 bits per heavy atom. The van der Waals surface area contributed by atoms with Crippen LogP contribution in [0.1, 0.15) is 42.3 Å². The first-order chi connectivity index (χ1) is 9.44. The fraction of sp³-hybridized carbons (Fsp3) is 0.643. The van der Waals surface area contributed by atoms with Crippen molar-refractivity contribution in [2.45, 2.75) is 39.2 Å². The fourth-order valence-electron chi connectivity index (χ4n) is 2.56. The van der Waals surface area contributed by atoms with Crippen molar-refractivity contribution in [3.63, 3.8) is 0 Å². The predicted octanol–water partition coefficient (Wildman–Crippen LogP) is 2.02. The highest BCUT2D eigenvalue weighted by atomic mass is 32.2. The number of unbranched alkanes of at least 4 members (excludes halogenated alkanes) is 1. The largest absolute Gasteiger partial charge is 0.469 e. The van der Waals surface area contributed by atoms with Gasteiger partial charge in [0.25, 0.3) is 5.91 Å². The number of hydrogen-bond acceptors (Lipinski definition) is 4. The lowest BCUT2D eigenvalue weighted by Gasteiger charge is -2.28. The van der Waals surface area contributed by atoms with Crippen molar-refractivity contribution in [3.05, 3.63) is 23.7 Å². The summed E-state index contributed by atoms with van der Waals surface area (Å²) in [6.07, 6.45) is 3.87. The summed E-state index contributed by atoms with van der Waals surface area (Å²) < 4.78 is 28.5. The van der Waals surface area contributed by atoms with Gasteiger partial charge >= 0.3 is 0 Å². The number of amides is 1. The molecule has 20 heavy (non-hydrogen) atoms. The van der Waals surface area contributed by atoms with E-state index in [4.69, 9.17) is 4.42 Å². The van der Waals surface area contributed by atoms with E-state index in [0.29, 0.717) is 24.3 Å². The molecule has 112 valence electrons. The van der Waals surface area contributed by atoms with Gasteiger partial charge in [-0.3, -0.25) is 4.79 Å². The number of sulfone groups is 1. The molecule has 2 rings (SSSR count). The predicted molar refractivity (Wildman–Crippen MR) is 76.4 cm³/mol. The second-order valence-electron chi connectivity index (χ2n) is 5.30. The number of carbonyl (C=O) groups excluding carboxylic acids is 1. The van der Waals surface area contributed by atoms with E-state index in [0.717, 1.165) is 12.8 Å². The monoisotopic (exact) mass is 299 g/mol. The third kappa shape index (κ3) is 3.23. The van der Waals surface area contributed by atoms with Gasteiger partial charge in [0.15, 0.2) is 9.84 Å². The maximum absolute atomic E-state index is 12.6. The maximum atomic E-state index is 12.6. The average molecular weight is 299 g/mol. The van der Waals surface area contributed by atoms with Crippen LogP contribution in [0.15, 0.2) is 16.7 Å². The molecule has 1 atom stereocenters. The molecule has 1 unspecified atom stereocenters. The minimum atomic E-state index is -3.00. The van der Waals surface area contributed by atoms with Crippen LogP contribution in [0.3, 0.4) is 0 Å². The molecule has 0 N–H and O–H groups in total. The van der Waals surface area contributed by atoms with Crippen LogP contribution in [0.5, 0.6) is 0 Å². The normalized spacial score (nSPS) is 21.0. The molecular formula is C14H21NO4S. The SMILES string of the molecule is CCCCN(C(=O)c1ccoc1C)C1CCS(=O)(=O)C1. The summed E-state index contributed by atoms with van der Waals surface area (Å²) in [6, 6.07) is 1.45. The lowest BCUT2D eigenvalue weighted by atomic mass is 10.1. The van der Waals surface area contributed by atoms with Crippen molar-refractivity contribution in [2.24, 2.45) is 0 Å². The first-order valence-electron chi connectivity index (χ1n) is 7.00. The number of furan rings is 1. The van der Waals surface area contributed by atoms with Gasteiger partial charge in [0.2, 0.25) is 0 Å². The van der Waals surface area contributed by atoms with Crippen LogP contribution >= 0.6 is 0 Å². The molecule has 1 aromatic rings. The Balaban J connectivity index is 2.20. The molecule has 0 spiro atoms. The average Bonchev–Trinajstić information content (AvgIpc) is 2.95. The van der Waals surface area contributed by atoms with Crippen LogP contribution in [-0.2, 0) is 9.84 Å². The van der Waals surface area contributed by atoms with E-state index in [1.807, 2.05) is 0 Å². The highest BCUT2D eigenvalue weighted by molar-refractivity contribution is 7.91. The van der Waals surface area contributed by atoms with E-state index >= 15 is 0 Å². The van der Waals surface area contributed by atoms with Gasteiger partial charge in [-0.05, 0) is 25.8 Å². The van der Waals surface area contributed by atoms with Crippen LogP contribution < -0.4 is 0 Å². The molecule has 6 heteroatoms. The van der Waals surface area contributed by atoms with Gasteiger partial charge in [0, 0.05) is 12.6 Å². The molecule has 0 bridgehead atoms. The molecule has 0 aliphatic carbocycles. The Kier molecular flexibility index (Phi) is 4.52. The first-order valence-corrected chi connectivity index (χ1v) is 8.82. The number of aryl methyl sites for hydroxylation is 1. The lowest BCUT2D eigenvalue weighted by Crippen LogP contribution is -2.41. The van der Waals surface area contributed by atoms with E-state index in [1.165, 1.54) is 6.26 Å². The van der Waals surface area contributed by atoms with Crippen LogP contribution in [0.4, 0.5) is 0 Å². The van der Waals surface area contributed by atoms with Crippen LogP contribution in [0.2, 0.25) is 0 Å². The fourth-order valence-corrected chi connectivity index (χ4v) is 4.29. The summed E-state index contributed by atoms with van der Waals surface area (Å²) in [7, 11) is -3.00. The molecule has 1 aliphatic heterocycles. The molecule has 1 fully saturated rings. The number of nitrogens with zero attached hydrogens (tertiary/aromatic N) is 1. The highest BCUT2D eigenvalue weighted by Crippen LogP contribution is 2.22. The Bertz CT molecular complexity index is 576. The summed E-state index contributed by atoms with van der Waals surface area (Å²) in [5.74, 6) is 0.723. The second kappa shape index (κ2) is 5.99. The molecular weight excluding hydrogens is 278 g/mol. The Labute approximate surface area is 119 Å². The van der Waals surface area contributed by atoms with Crippen LogP contribution in [0.25, 0.3) is 0 Å². The smallest absolute Gasteiger partial charge is 0.257 e. The van der Waals surface area contributed by atoms with Gasteiger partial charge in [-0.2, -0.15) is 0 Å². The van der Waals surface area contributed by atoms with Crippen molar-refractivity contribution < 1.29 is 17.6 Å². The summed E-state index contributed by atoms with van der Waals surface area (Å²) in [5, 5.41) is 0. The molecule has 2 heterocycles. The lowest BCUT2D eigenvalue weighted by molar-refractivity contribution is 0.0692. The quantitative estimate of drug-likeness (QED) is 0.834. The minimum absolute atomic E-state index is 0.0827. The molecule has 0 saturated carbocycles. The van der Waals surface area contributed by atoms with Gasteiger partial charge in [-0.15, -0.1) is 0 Å². The number of hydrogen-bond donors (Lipinski definition) is 0. The zero-order chi connectivity index (χ0) is 14.8. The van der Waals surface area contributed by atoms with Crippen LogP contribution in [0, 0.1) is 6.92 Å². The third-order valence-corrected chi connectivity index (χ3v) is 5.50.